The molecule has 2 rings (SSSR count). The van der Waals surface area contributed by atoms with Crippen molar-refractivity contribution in [2.75, 3.05) is 18.1 Å². The molecule has 1 aromatic carbocycles. The van der Waals surface area contributed by atoms with Gasteiger partial charge in [0.05, 0.1) is 6.61 Å². The third kappa shape index (κ3) is 5.06. The van der Waals surface area contributed by atoms with E-state index < -0.39 is 23.4 Å². The van der Waals surface area contributed by atoms with Crippen molar-refractivity contribution in [1.82, 2.24) is 9.97 Å². The predicted octanol–water partition coefficient (Wildman–Crippen LogP) is 5.36. The van der Waals surface area contributed by atoms with Gasteiger partial charge in [-0.1, -0.05) is 25.8 Å². The van der Waals surface area contributed by atoms with Crippen molar-refractivity contribution < 1.29 is 22.3 Å². The van der Waals surface area contributed by atoms with Crippen LogP contribution in [0.15, 0.2) is 30.5 Å². The number of aromatic nitrogens is 2. The first-order valence-electron chi connectivity index (χ1n) is 8.47. The molecule has 1 heterocycles. The molecule has 1 aromatic heterocycles. The molecule has 2 aromatic rings. The molecule has 8 heteroatoms. The maximum absolute atomic E-state index is 13.5. The first-order chi connectivity index (χ1) is 12.4. The van der Waals surface area contributed by atoms with Gasteiger partial charge in [0, 0.05) is 18.4 Å². The molecule has 0 saturated heterocycles. The molecule has 0 N–H and O–H groups in total. The number of benzene rings is 1. The number of rotatable bonds is 8. The first-order valence-corrected chi connectivity index (χ1v) is 8.47. The van der Waals surface area contributed by atoms with Crippen molar-refractivity contribution in [2.45, 2.75) is 39.3 Å². The molecule has 0 saturated carbocycles. The van der Waals surface area contributed by atoms with Crippen LogP contribution in [0.2, 0.25) is 0 Å². The summed E-state index contributed by atoms with van der Waals surface area (Å²) < 4.78 is 58.3. The highest BCUT2D eigenvalue weighted by molar-refractivity contribution is 5.57. The third-order valence-electron chi connectivity index (χ3n) is 3.71. The minimum atomic E-state index is -4.62. The number of hydrogen-bond donors (Lipinski definition) is 0. The SMILES string of the molecule is CCCCCOc1nc(N(CC)c2cccc(F)c2)ncc1C(F)(F)F. The minimum Gasteiger partial charge on any atom is -0.477 e. The molecule has 0 bridgehead atoms. The maximum atomic E-state index is 13.5. The van der Waals surface area contributed by atoms with E-state index in [1.54, 1.807) is 13.0 Å². The van der Waals surface area contributed by atoms with Gasteiger partial charge in [0.2, 0.25) is 11.8 Å². The fourth-order valence-electron chi connectivity index (χ4n) is 2.40. The fraction of sp³-hybridized carbons (Fsp3) is 0.444. The monoisotopic (exact) mass is 371 g/mol. The maximum Gasteiger partial charge on any atom is 0.423 e. The average Bonchev–Trinajstić information content (AvgIpc) is 2.59. The van der Waals surface area contributed by atoms with E-state index in [-0.39, 0.29) is 12.6 Å². The van der Waals surface area contributed by atoms with Crippen molar-refractivity contribution >= 4 is 11.6 Å². The van der Waals surface area contributed by atoms with Gasteiger partial charge in [0.15, 0.2) is 0 Å². The largest absolute Gasteiger partial charge is 0.477 e. The lowest BCUT2D eigenvalue weighted by Crippen LogP contribution is -2.21. The van der Waals surface area contributed by atoms with Crippen LogP contribution in [0.3, 0.4) is 0 Å². The lowest BCUT2D eigenvalue weighted by atomic mass is 10.2. The van der Waals surface area contributed by atoms with Crippen LogP contribution in [0.4, 0.5) is 29.2 Å². The van der Waals surface area contributed by atoms with E-state index in [1.807, 2.05) is 6.92 Å². The highest BCUT2D eigenvalue weighted by atomic mass is 19.4. The number of hydrogen-bond acceptors (Lipinski definition) is 4. The normalized spacial score (nSPS) is 11.5. The summed E-state index contributed by atoms with van der Waals surface area (Å²) in [6, 6.07) is 5.70. The lowest BCUT2D eigenvalue weighted by molar-refractivity contribution is -0.139. The molecular formula is C18H21F4N3O. The van der Waals surface area contributed by atoms with Crippen molar-refractivity contribution in [3.05, 3.63) is 41.8 Å². The molecular weight excluding hydrogens is 350 g/mol. The van der Waals surface area contributed by atoms with Crippen LogP contribution in [0.25, 0.3) is 0 Å². The van der Waals surface area contributed by atoms with Crippen LogP contribution in [-0.4, -0.2) is 23.1 Å². The minimum absolute atomic E-state index is 0.0246. The second-order valence-corrected chi connectivity index (χ2v) is 5.67. The number of nitrogens with zero attached hydrogens (tertiary/aromatic N) is 3. The Kier molecular flexibility index (Phi) is 6.76. The second kappa shape index (κ2) is 8.82. The highest BCUT2D eigenvalue weighted by Gasteiger charge is 2.36. The smallest absolute Gasteiger partial charge is 0.423 e. The first kappa shape index (κ1) is 19.9. The number of unbranched alkanes of at least 4 members (excludes halogenated alkanes) is 2. The second-order valence-electron chi connectivity index (χ2n) is 5.67. The molecule has 0 aliphatic heterocycles. The van der Waals surface area contributed by atoms with Crippen LogP contribution in [0.5, 0.6) is 5.88 Å². The van der Waals surface area contributed by atoms with Gasteiger partial charge in [0.1, 0.15) is 11.4 Å². The Balaban J connectivity index is 2.36. The summed E-state index contributed by atoms with van der Waals surface area (Å²) in [5.41, 5.74) is -0.572. The zero-order valence-corrected chi connectivity index (χ0v) is 14.7. The van der Waals surface area contributed by atoms with Gasteiger partial charge < -0.3 is 9.64 Å². The van der Waals surface area contributed by atoms with Gasteiger partial charge in [-0.15, -0.1) is 0 Å². The molecule has 4 nitrogen and oxygen atoms in total. The van der Waals surface area contributed by atoms with E-state index in [4.69, 9.17) is 4.74 Å². The Hall–Kier alpha value is -2.38. The van der Waals surface area contributed by atoms with Crippen molar-refractivity contribution in [3.63, 3.8) is 0 Å². The van der Waals surface area contributed by atoms with Crippen LogP contribution >= 0.6 is 0 Å². The summed E-state index contributed by atoms with van der Waals surface area (Å²) in [5, 5.41) is 0. The summed E-state index contributed by atoms with van der Waals surface area (Å²) in [4.78, 5) is 9.30. The van der Waals surface area contributed by atoms with E-state index in [2.05, 4.69) is 9.97 Å². The van der Waals surface area contributed by atoms with Gasteiger partial charge in [-0.25, -0.2) is 9.37 Å². The number of halogens is 4. The molecule has 0 radical (unpaired) electrons. The fourth-order valence-corrected chi connectivity index (χ4v) is 2.40. The van der Waals surface area contributed by atoms with E-state index in [9.17, 15) is 17.6 Å². The summed E-state index contributed by atoms with van der Waals surface area (Å²) in [7, 11) is 0. The summed E-state index contributed by atoms with van der Waals surface area (Å²) >= 11 is 0. The third-order valence-corrected chi connectivity index (χ3v) is 3.71. The zero-order chi connectivity index (χ0) is 19.2. The molecule has 26 heavy (non-hydrogen) atoms. The summed E-state index contributed by atoms with van der Waals surface area (Å²) in [6.45, 7) is 4.25. The van der Waals surface area contributed by atoms with Crippen molar-refractivity contribution in [2.24, 2.45) is 0 Å². The molecule has 0 spiro atoms. The van der Waals surface area contributed by atoms with Crippen LogP contribution < -0.4 is 9.64 Å². The van der Waals surface area contributed by atoms with Gasteiger partial charge in [-0.2, -0.15) is 18.2 Å². The average molecular weight is 371 g/mol. The standard InChI is InChI=1S/C18H21F4N3O/c1-3-5-6-10-26-16-15(18(20,21)22)12-23-17(24-16)25(4-2)14-9-7-8-13(19)11-14/h7-9,11-12H,3-6,10H2,1-2H3. The number of ether oxygens (including phenoxy) is 1. The van der Waals surface area contributed by atoms with E-state index in [1.165, 1.54) is 23.1 Å². The molecule has 0 fully saturated rings. The van der Waals surface area contributed by atoms with Crippen molar-refractivity contribution in [3.8, 4) is 5.88 Å². The number of anilines is 2. The van der Waals surface area contributed by atoms with Crippen LogP contribution in [0, 0.1) is 5.82 Å². The van der Waals surface area contributed by atoms with E-state index in [0.717, 1.165) is 12.8 Å². The van der Waals surface area contributed by atoms with Gasteiger partial charge >= 0.3 is 6.18 Å². The number of alkyl halides is 3. The molecule has 0 aliphatic rings. The molecule has 0 unspecified atom stereocenters. The Morgan fingerprint density at radius 2 is 1.92 bits per heavy atom. The van der Waals surface area contributed by atoms with Crippen LogP contribution in [-0.2, 0) is 6.18 Å². The molecule has 142 valence electrons. The summed E-state index contributed by atoms with van der Waals surface area (Å²) in [6.07, 6.45) is -1.50. The Bertz CT molecular complexity index is 722. The topological polar surface area (TPSA) is 38.2 Å². The molecule has 0 aliphatic carbocycles. The van der Waals surface area contributed by atoms with Crippen LogP contribution in [0.1, 0.15) is 38.7 Å². The quantitative estimate of drug-likeness (QED) is 0.462. The van der Waals surface area contributed by atoms with Gasteiger partial charge in [0.25, 0.3) is 0 Å². The Labute approximate surface area is 149 Å². The highest BCUT2D eigenvalue weighted by Crippen LogP contribution is 2.36. The molecule has 0 atom stereocenters. The van der Waals surface area contributed by atoms with E-state index >= 15 is 0 Å². The lowest BCUT2D eigenvalue weighted by Gasteiger charge is -2.22. The van der Waals surface area contributed by atoms with Gasteiger partial charge in [-0.05, 0) is 31.5 Å². The summed E-state index contributed by atoms with van der Waals surface area (Å²) in [5.74, 6) is -0.936. The van der Waals surface area contributed by atoms with Gasteiger partial charge in [-0.3, -0.25) is 0 Å². The Morgan fingerprint density at radius 3 is 2.54 bits per heavy atom. The Morgan fingerprint density at radius 1 is 1.15 bits per heavy atom. The van der Waals surface area contributed by atoms with Crippen molar-refractivity contribution in [1.29, 1.82) is 0 Å². The molecule has 0 amide bonds. The predicted molar refractivity (Wildman–Crippen MR) is 91.1 cm³/mol. The van der Waals surface area contributed by atoms with E-state index in [0.29, 0.717) is 24.8 Å². The zero-order valence-electron chi connectivity index (χ0n) is 14.7.